The second-order valence-electron chi connectivity index (χ2n) is 7.90. The Bertz CT molecular complexity index is 658. The molecular weight excluding hydrogens is 360 g/mol. The van der Waals surface area contributed by atoms with E-state index >= 15 is 0 Å². The highest BCUT2D eigenvalue weighted by Gasteiger charge is 2.49. The maximum atomic E-state index is 10.6. The Morgan fingerprint density at radius 2 is 1.89 bits per heavy atom. The molecule has 28 heavy (non-hydrogen) atoms. The van der Waals surface area contributed by atoms with E-state index in [-0.39, 0.29) is 24.2 Å². The number of hydrogen-bond acceptors (Lipinski definition) is 5. The van der Waals surface area contributed by atoms with E-state index in [0.717, 1.165) is 31.4 Å². The average molecular weight is 390 g/mol. The van der Waals surface area contributed by atoms with Gasteiger partial charge in [0, 0.05) is 18.9 Å². The van der Waals surface area contributed by atoms with Crippen molar-refractivity contribution in [2.24, 2.45) is 23.7 Å². The van der Waals surface area contributed by atoms with Gasteiger partial charge in [-0.1, -0.05) is 18.2 Å². The van der Waals surface area contributed by atoms with Crippen LogP contribution < -0.4 is 4.74 Å². The second kappa shape index (κ2) is 9.94. The molecule has 0 aliphatic heterocycles. The van der Waals surface area contributed by atoms with Gasteiger partial charge < -0.3 is 24.8 Å². The molecule has 6 heteroatoms. The maximum absolute atomic E-state index is 10.6. The van der Waals surface area contributed by atoms with E-state index in [1.54, 1.807) is 6.08 Å². The first-order valence-electron chi connectivity index (χ1n) is 10.1. The molecule has 0 bridgehead atoms. The molecule has 154 valence electrons. The number of carboxylic acids is 1. The van der Waals surface area contributed by atoms with Gasteiger partial charge in [-0.15, -0.1) is 0 Å². The van der Waals surface area contributed by atoms with Crippen molar-refractivity contribution in [1.82, 2.24) is 0 Å². The highest BCUT2D eigenvalue weighted by molar-refractivity contribution is 5.67. The molecule has 2 aliphatic carbocycles. The predicted octanol–water partition coefficient (Wildman–Crippen LogP) is 3.41. The number of aliphatic hydroxyl groups excluding tert-OH is 2. The van der Waals surface area contributed by atoms with Crippen molar-refractivity contribution < 1.29 is 29.6 Å². The van der Waals surface area contributed by atoms with E-state index in [1.165, 1.54) is 0 Å². The molecule has 2 fully saturated rings. The Morgan fingerprint density at radius 1 is 1.11 bits per heavy atom. The zero-order valence-electron chi connectivity index (χ0n) is 16.1. The summed E-state index contributed by atoms with van der Waals surface area (Å²) in [5.74, 6) is 1.10. The third-order valence-electron chi connectivity index (χ3n) is 5.99. The standard InChI is InChI=1S/C22H30O6/c23-19(7-4-9-28-17-5-2-1-3-6-17)22-18-12-15(8-10-27-14-21(25)26)11-16(18)13-20(22)24/h1-3,5-7,15-16,18,20,22-24H,4,8-14H2,(H,25,26)/t15-,16-,18-,20-,22+/m1/s1. The highest BCUT2D eigenvalue weighted by atomic mass is 16.5. The molecule has 3 N–H and O–H groups in total. The van der Waals surface area contributed by atoms with Gasteiger partial charge in [-0.25, -0.2) is 4.79 Å². The minimum atomic E-state index is -0.946. The Kier molecular flexibility index (Phi) is 7.34. The van der Waals surface area contributed by atoms with Crippen molar-refractivity contribution >= 4 is 5.97 Å². The van der Waals surface area contributed by atoms with Crippen LogP contribution in [0.1, 0.15) is 32.1 Å². The summed E-state index contributed by atoms with van der Waals surface area (Å²) in [4.78, 5) is 10.5. The minimum Gasteiger partial charge on any atom is -0.512 e. The van der Waals surface area contributed by atoms with Crippen molar-refractivity contribution in [3.63, 3.8) is 0 Å². The number of carbonyl (C=O) groups is 1. The normalized spacial score (nSPS) is 29.6. The molecule has 0 amide bonds. The molecule has 6 nitrogen and oxygen atoms in total. The molecule has 1 aromatic rings. The molecule has 2 saturated carbocycles. The Balaban J connectivity index is 1.45. The largest absolute Gasteiger partial charge is 0.512 e. The number of benzene rings is 1. The zero-order valence-corrected chi connectivity index (χ0v) is 16.1. The number of rotatable bonds is 10. The van der Waals surface area contributed by atoms with Gasteiger partial charge in [-0.3, -0.25) is 0 Å². The number of fused-ring (bicyclic) bond motifs is 1. The summed E-state index contributed by atoms with van der Waals surface area (Å²) >= 11 is 0. The van der Waals surface area contributed by atoms with Gasteiger partial charge in [0.2, 0.25) is 0 Å². The monoisotopic (exact) mass is 390 g/mol. The molecule has 1 aromatic carbocycles. The fourth-order valence-corrected chi connectivity index (χ4v) is 4.83. The lowest BCUT2D eigenvalue weighted by Crippen LogP contribution is -2.22. The lowest BCUT2D eigenvalue weighted by atomic mass is 9.88. The molecule has 0 aromatic heterocycles. The van der Waals surface area contributed by atoms with Crippen LogP contribution in [0.5, 0.6) is 5.75 Å². The molecule has 0 unspecified atom stereocenters. The molecule has 3 rings (SSSR count). The number of aliphatic carboxylic acids is 1. The highest BCUT2D eigenvalue weighted by Crippen LogP contribution is 2.52. The minimum absolute atomic E-state index is 0.202. The number of para-hydroxylation sites is 1. The van der Waals surface area contributed by atoms with Crippen LogP contribution >= 0.6 is 0 Å². The van der Waals surface area contributed by atoms with E-state index < -0.39 is 12.1 Å². The van der Waals surface area contributed by atoms with Crippen molar-refractivity contribution in [3.05, 3.63) is 42.2 Å². The number of ether oxygens (including phenoxy) is 2. The topological polar surface area (TPSA) is 96.2 Å². The summed E-state index contributed by atoms with van der Waals surface area (Å²) in [5.41, 5.74) is 0. The van der Waals surface area contributed by atoms with Crippen LogP contribution in [0.15, 0.2) is 42.2 Å². The van der Waals surface area contributed by atoms with E-state index in [0.29, 0.717) is 31.5 Å². The van der Waals surface area contributed by atoms with Gasteiger partial charge in [0.1, 0.15) is 12.4 Å². The van der Waals surface area contributed by atoms with Gasteiger partial charge in [-0.05, 0) is 61.6 Å². The van der Waals surface area contributed by atoms with Crippen LogP contribution in [0, 0.1) is 23.7 Å². The lowest BCUT2D eigenvalue weighted by molar-refractivity contribution is -0.142. The van der Waals surface area contributed by atoms with Crippen LogP contribution in [-0.4, -0.2) is 47.2 Å². The predicted molar refractivity (Wildman–Crippen MR) is 104 cm³/mol. The second-order valence-corrected chi connectivity index (χ2v) is 7.90. The fraction of sp³-hybridized carbons (Fsp3) is 0.591. The molecule has 2 aliphatic rings. The third kappa shape index (κ3) is 5.49. The number of carboxylic acid groups (broad SMARTS) is 1. The summed E-state index contributed by atoms with van der Waals surface area (Å²) in [5, 5.41) is 29.6. The third-order valence-corrected chi connectivity index (χ3v) is 5.99. The van der Waals surface area contributed by atoms with Crippen LogP contribution in [0.3, 0.4) is 0 Å². The quantitative estimate of drug-likeness (QED) is 0.418. The van der Waals surface area contributed by atoms with Gasteiger partial charge in [0.25, 0.3) is 0 Å². The first kappa shape index (κ1) is 20.7. The molecular formula is C22H30O6. The summed E-state index contributed by atoms with van der Waals surface area (Å²) in [6.07, 6.45) is 5.39. The smallest absolute Gasteiger partial charge is 0.329 e. The summed E-state index contributed by atoms with van der Waals surface area (Å²) in [7, 11) is 0. The average Bonchev–Trinajstić information content (AvgIpc) is 3.18. The maximum Gasteiger partial charge on any atom is 0.329 e. The molecule has 0 spiro atoms. The van der Waals surface area contributed by atoms with Crippen LogP contribution in [-0.2, 0) is 9.53 Å². The van der Waals surface area contributed by atoms with Crippen molar-refractivity contribution in [2.75, 3.05) is 19.8 Å². The number of aliphatic hydroxyl groups is 2. The summed E-state index contributed by atoms with van der Waals surface area (Å²) in [6.45, 7) is 0.673. The Hall–Kier alpha value is -2.05. The lowest BCUT2D eigenvalue weighted by Gasteiger charge is -2.21. The Morgan fingerprint density at radius 3 is 2.64 bits per heavy atom. The van der Waals surface area contributed by atoms with E-state index in [9.17, 15) is 15.0 Å². The molecule has 0 heterocycles. The summed E-state index contributed by atoms with van der Waals surface area (Å²) in [6, 6.07) is 9.56. The Labute approximate surface area is 165 Å². The fourth-order valence-electron chi connectivity index (χ4n) is 4.83. The van der Waals surface area contributed by atoms with Gasteiger partial charge in [0.15, 0.2) is 0 Å². The van der Waals surface area contributed by atoms with Crippen molar-refractivity contribution in [1.29, 1.82) is 0 Å². The van der Waals surface area contributed by atoms with Gasteiger partial charge in [-0.2, -0.15) is 0 Å². The first-order valence-corrected chi connectivity index (χ1v) is 10.1. The van der Waals surface area contributed by atoms with Crippen LogP contribution in [0.4, 0.5) is 0 Å². The van der Waals surface area contributed by atoms with Crippen LogP contribution in [0.25, 0.3) is 0 Å². The van der Waals surface area contributed by atoms with E-state index in [1.807, 2.05) is 30.3 Å². The van der Waals surface area contributed by atoms with E-state index in [4.69, 9.17) is 14.6 Å². The van der Waals surface area contributed by atoms with Gasteiger partial charge in [0.05, 0.1) is 18.5 Å². The van der Waals surface area contributed by atoms with Crippen molar-refractivity contribution in [2.45, 2.75) is 38.2 Å². The zero-order chi connectivity index (χ0) is 19.9. The molecule has 0 saturated heterocycles. The number of hydrogen-bond donors (Lipinski definition) is 3. The summed E-state index contributed by atoms with van der Waals surface area (Å²) < 4.78 is 10.8. The van der Waals surface area contributed by atoms with Crippen LogP contribution in [0.2, 0.25) is 0 Å². The van der Waals surface area contributed by atoms with E-state index in [2.05, 4.69) is 0 Å². The van der Waals surface area contributed by atoms with Gasteiger partial charge >= 0.3 is 5.97 Å². The first-order chi connectivity index (χ1) is 13.5. The molecule has 0 radical (unpaired) electrons. The van der Waals surface area contributed by atoms with Crippen molar-refractivity contribution in [3.8, 4) is 5.75 Å². The SMILES string of the molecule is O=C(O)COCC[C@@H]1C[C@@H]2C[C@@H](O)[C@H](C(O)=CCCOc3ccccc3)[C@@H]2C1. The molecule has 5 atom stereocenters.